The fourth-order valence-electron chi connectivity index (χ4n) is 1.52. The first-order chi connectivity index (χ1) is 6.59. The van der Waals surface area contributed by atoms with Gasteiger partial charge in [-0.3, -0.25) is 9.36 Å². The number of rotatable bonds is 4. The number of nitrogens with one attached hydrogen (secondary N) is 1. The summed E-state index contributed by atoms with van der Waals surface area (Å²) in [6.07, 6.45) is 1.23. The maximum absolute atomic E-state index is 10.6. The number of hydrogen-bond acceptors (Lipinski definition) is 4. The average molecular weight is 223 g/mol. The molecule has 0 bridgehead atoms. The Morgan fingerprint density at radius 1 is 1.64 bits per heavy atom. The first-order valence-electron chi connectivity index (χ1n) is 4.41. The van der Waals surface area contributed by atoms with Crippen LogP contribution in [-0.4, -0.2) is 35.2 Å². The van der Waals surface area contributed by atoms with Gasteiger partial charge in [0.25, 0.3) is 0 Å². The Balaban J connectivity index is 2.32. The number of aliphatic carboxylic acids is 1. The van der Waals surface area contributed by atoms with E-state index in [-0.39, 0.29) is 12.5 Å². The molecule has 3 atom stereocenters. The van der Waals surface area contributed by atoms with Gasteiger partial charge in [0.15, 0.2) is 0 Å². The van der Waals surface area contributed by atoms with Crippen LogP contribution in [0.4, 0.5) is 0 Å². The molecule has 1 heterocycles. The summed E-state index contributed by atoms with van der Waals surface area (Å²) in [6, 6.07) is -0.557. The lowest BCUT2D eigenvalue weighted by molar-refractivity contribution is -0.140. The van der Waals surface area contributed by atoms with E-state index in [1.807, 2.05) is 0 Å². The molecule has 1 unspecified atom stereocenters. The first kappa shape index (κ1) is 11.7. The Morgan fingerprint density at radius 2 is 2.36 bits per heavy atom. The Morgan fingerprint density at radius 3 is 2.93 bits per heavy atom. The summed E-state index contributed by atoms with van der Waals surface area (Å²) in [4.78, 5) is 19.1. The smallest absolute Gasteiger partial charge is 0.320 e. The lowest BCUT2D eigenvalue weighted by Gasteiger charge is -2.27. The molecule has 82 valence electrons. The standard InChI is InChI=1S/C7H14NO5P/c9-7(10)6-3-5(1-2-8-6)4-13-14(11)12/h5-6,8,14H,1-4H2,(H,9,10)(H,11,12)/t5-,6+/m0/s1. The van der Waals surface area contributed by atoms with Crippen molar-refractivity contribution in [3.8, 4) is 0 Å². The Bertz CT molecular complexity index is 234. The largest absolute Gasteiger partial charge is 0.480 e. The summed E-state index contributed by atoms with van der Waals surface area (Å²) in [7, 11) is -2.89. The second-order valence-electron chi connectivity index (χ2n) is 3.31. The van der Waals surface area contributed by atoms with Crippen molar-refractivity contribution in [2.75, 3.05) is 13.2 Å². The van der Waals surface area contributed by atoms with Gasteiger partial charge in [-0.25, -0.2) is 0 Å². The van der Waals surface area contributed by atoms with Crippen LogP contribution in [0.3, 0.4) is 0 Å². The van der Waals surface area contributed by atoms with Crippen LogP contribution in [0.15, 0.2) is 0 Å². The molecule has 0 aromatic rings. The fraction of sp³-hybridized carbons (Fsp3) is 0.857. The lowest BCUT2D eigenvalue weighted by atomic mass is 9.93. The normalized spacial score (nSPS) is 29.8. The molecule has 1 rings (SSSR count). The topological polar surface area (TPSA) is 95.9 Å². The zero-order valence-corrected chi connectivity index (χ0v) is 8.60. The number of carboxylic acids is 1. The van der Waals surface area contributed by atoms with E-state index in [0.29, 0.717) is 13.0 Å². The molecule has 0 radical (unpaired) electrons. The molecule has 3 N–H and O–H groups in total. The van der Waals surface area contributed by atoms with Crippen LogP contribution in [0, 0.1) is 5.92 Å². The van der Waals surface area contributed by atoms with Gasteiger partial charge in [0.05, 0.1) is 6.61 Å². The molecular formula is C7H14NO5P. The molecule has 0 saturated carbocycles. The predicted molar refractivity (Wildman–Crippen MR) is 49.3 cm³/mol. The molecule has 0 aromatic heterocycles. The van der Waals surface area contributed by atoms with E-state index in [0.717, 1.165) is 6.42 Å². The van der Waals surface area contributed by atoms with Crippen LogP contribution in [0.25, 0.3) is 0 Å². The van der Waals surface area contributed by atoms with Gasteiger partial charge in [-0.05, 0) is 25.3 Å². The van der Waals surface area contributed by atoms with E-state index in [4.69, 9.17) is 10.00 Å². The van der Waals surface area contributed by atoms with Gasteiger partial charge in [0, 0.05) is 0 Å². The Hall–Kier alpha value is -0.420. The summed E-state index contributed by atoms with van der Waals surface area (Å²) in [6.45, 7) is 0.775. The third-order valence-electron chi connectivity index (χ3n) is 2.25. The first-order valence-corrected chi connectivity index (χ1v) is 5.68. The zero-order valence-electron chi connectivity index (χ0n) is 7.60. The van der Waals surface area contributed by atoms with Crippen LogP contribution in [0.1, 0.15) is 12.8 Å². The SMILES string of the molecule is O=C(O)[C@H]1C[C@@H](CO[PH](=O)O)CCN1. The summed E-state index contributed by atoms with van der Waals surface area (Å²) in [5.74, 6) is -0.829. The van der Waals surface area contributed by atoms with E-state index in [1.165, 1.54) is 0 Å². The molecule has 1 aliphatic rings. The van der Waals surface area contributed by atoms with E-state index in [1.54, 1.807) is 0 Å². The molecule has 0 aromatic carbocycles. The van der Waals surface area contributed by atoms with E-state index >= 15 is 0 Å². The highest BCUT2D eigenvalue weighted by Crippen LogP contribution is 2.22. The van der Waals surface area contributed by atoms with Crippen LogP contribution in [-0.2, 0) is 13.9 Å². The minimum Gasteiger partial charge on any atom is -0.480 e. The molecule has 1 aliphatic heterocycles. The minimum absolute atomic E-state index is 0.0541. The van der Waals surface area contributed by atoms with Gasteiger partial charge < -0.3 is 19.8 Å². The molecule has 1 fully saturated rings. The van der Waals surface area contributed by atoms with E-state index in [2.05, 4.69) is 9.84 Å². The Kier molecular flexibility index (Phi) is 4.54. The lowest BCUT2D eigenvalue weighted by Crippen LogP contribution is -2.44. The van der Waals surface area contributed by atoms with Crippen molar-refractivity contribution in [1.82, 2.24) is 5.32 Å². The highest BCUT2D eigenvalue weighted by molar-refractivity contribution is 7.32. The van der Waals surface area contributed by atoms with Crippen molar-refractivity contribution in [2.45, 2.75) is 18.9 Å². The van der Waals surface area contributed by atoms with Crippen molar-refractivity contribution in [2.24, 2.45) is 5.92 Å². The quantitative estimate of drug-likeness (QED) is 0.573. The molecule has 0 aliphatic carbocycles. The van der Waals surface area contributed by atoms with Gasteiger partial charge >= 0.3 is 14.2 Å². The molecule has 6 nitrogen and oxygen atoms in total. The zero-order chi connectivity index (χ0) is 10.6. The van der Waals surface area contributed by atoms with Crippen molar-refractivity contribution in [3.63, 3.8) is 0 Å². The number of piperidine rings is 1. The van der Waals surface area contributed by atoms with Gasteiger partial charge in [0.1, 0.15) is 6.04 Å². The molecule has 14 heavy (non-hydrogen) atoms. The maximum Gasteiger partial charge on any atom is 0.320 e. The average Bonchev–Trinajstić information content (AvgIpc) is 2.15. The van der Waals surface area contributed by atoms with Crippen molar-refractivity contribution >= 4 is 14.2 Å². The Labute approximate surface area is 82.2 Å². The predicted octanol–water partition coefficient (Wildman–Crippen LogP) is -0.162. The molecule has 0 amide bonds. The highest BCUT2D eigenvalue weighted by Gasteiger charge is 2.26. The van der Waals surface area contributed by atoms with Gasteiger partial charge in [-0.15, -0.1) is 0 Å². The second-order valence-corrected chi connectivity index (χ2v) is 4.13. The molecule has 1 saturated heterocycles. The summed E-state index contributed by atoms with van der Waals surface area (Å²) >= 11 is 0. The van der Waals surface area contributed by atoms with Crippen molar-refractivity contribution in [1.29, 1.82) is 0 Å². The van der Waals surface area contributed by atoms with Crippen LogP contribution >= 0.6 is 8.25 Å². The summed E-state index contributed by atoms with van der Waals surface area (Å²) < 4.78 is 14.9. The second kappa shape index (κ2) is 5.46. The number of carbonyl (C=O) groups is 1. The van der Waals surface area contributed by atoms with E-state index in [9.17, 15) is 9.36 Å². The molecular weight excluding hydrogens is 209 g/mol. The van der Waals surface area contributed by atoms with Crippen molar-refractivity contribution < 1.29 is 23.9 Å². The number of carboxylic acid groups (broad SMARTS) is 1. The monoisotopic (exact) mass is 223 g/mol. The summed E-state index contributed by atoms with van der Waals surface area (Å²) in [5, 5.41) is 11.6. The molecule has 7 heteroatoms. The van der Waals surface area contributed by atoms with Gasteiger partial charge in [-0.2, -0.15) is 0 Å². The van der Waals surface area contributed by atoms with Crippen molar-refractivity contribution in [3.05, 3.63) is 0 Å². The summed E-state index contributed by atoms with van der Waals surface area (Å²) in [5.41, 5.74) is 0. The minimum atomic E-state index is -2.89. The van der Waals surface area contributed by atoms with Gasteiger partial charge in [0.2, 0.25) is 0 Å². The highest BCUT2D eigenvalue weighted by atomic mass is 31.1. The fourth-order valence-corrected chi connectivity index (χ4v) is 1.90. The third-order valence-corrected chi connectivity index (χ3v) is 2.67. The maximum atomic E-state index is 10.6. The van der Waals surface area contributed by atoms with Gasteiger partial charge in [-0.1, -0.05) is 0 Å². The van der Waals surface area contributed by atoms with Crippen LogP contribution < -0.4 is 5.32 Å². The van der Waals surface area contributed by atoms with Crippen LogP contribution in [0.5, 0.6) is 0 Å². The molecule has 0 spiro atoms. The van der Waals surface area contributed by atoms with Crippen LogP contribution in [0.2, 0.25) is 0 Å². The third kappa shape index (κ3) is 3.75. The van der Waals surface area contributed by atoms with E-state index < -0.39 is 20.3 Å². The number of hydrogen-bond donors (Lipinski definition) is 3.